The fourth-order valence-corrected chi connectivity index (χ4v) is 2.83. The molecular formula is C17H24ClN3O3S. The van der Waals surface area contributed by atoms with Gasteiger partial charge in [-0.2, -0.15) is 0 Å². The van der Waals surface area contributed by atoms with E-state index >= 15 is 0 Å². The molecule has 0 radical (unpaired) electrons. The maximum atomic E-state index is 12.0. The lowest BCUT2D eigenvalue weighted by Gasteiger charge is -2.12. The largest absolute Gasteiger partial charge is 0.490 e. The lowest BCUT2D eigenvalue weighted by atomic mass is 10.1. The van der Waals surface area contributed by atoms with Crippen molar-refractivity contribution in [2.45, 2.75) is 26.8 Å². The van der Waals surface area contributed by atoms with E-state index in [2.05, 4.69) is 10.3 Å². The molecule has 1 aromatic heterocycles. The molecule has 8 heteroatoms. The van der Waals surface area contributed by atoms with Gasteiger partial charge < -0.3 is 20.5 Å². The van der Waals surface area contributed by atoms with Gasteiger partial charge in [0.1, 0.15) is 10.7 Å². The van der Waals surface area contributed by atoms with Crippen molar-refractivity contribution in [3.8, 4) is 11.5 Å². The predicted octanol–water partition coefficient (Wildman–Crippen LogP) is 2.79. The average Bonchev–Trinajstić information content (AvgIpc) is 3.06. The molecule has 0 saturated carbocycles. The van der Waals surface area contributed by atoms with E-state index in [-0.39, 0.29) is 18.3 Å². The van der Waals surface area contributed by atoms with Gasteiger partial charge in [-0.25, -0.2) is 4.98 Å². The zero-order valence-corrected chi connectivity index (χ0v) is 16.0. The van der Waals surface area contributed by atoms with Crippen molar-refractivity contribution in [3.63, 3.8) is 0 Å². The van der Waals surface area contributed by atoms with Crippen LogP contribution in [-0.2, 0) is 13.0 Å². The van der Waals surface area contributed by atoms with Crippen molar-refractivity contribution < 1.29 is 14.3 Å². The molecule has 2 rings (SSSR count). The van der Waals surface area contributed by atoms with Crippen LogP contribution in [-0.4, -0.2) is 30.6 Å². The van der Waals surface area contributed by atoms with Gasteiger partial charge in [0.25, 0.3) is 5.91 Å². The Balaban J connectivity index is 0.00000312. The van der Waals surface area contributed by atoms with Crippen molar-refractivity contribution in [1.29, 1.82) is 0 Å². The Morgan fingerprint density at radius 1 is 1.24 bits per heavy atom. The van der Waals surface area contributed by atoms with Gasteiger partial charge in [0.05, 0.1) is 13.2 Å². The van der Waals surface area contributed by atoms with Gasteiger partial charge in [0, 0.05) is 18.5 Å². The number of carbonyl (C=O) groups is 1. The minimum Gasteiger partial charge on any atom is -0.490 e. The SMILES string of the molecule is CCOc1ccc(CCNC(=O)c2csc(CN)n2)cc1OCC.Cl. The summed E-state index contributed by atoms with van der Waals surface area (Å²) in [4.78, 5) is 16.2. The van der Waals surface area contributed by atoms with Crippen molar-refractivity contribution >= 4 is 29.7 Å². The van der Waals surface area contributed by atoms with E-state index in [9.17, 15) is 4.79 Å². The standard InChI is InChI=1S/C17H23N3O3S.ClH/c1-3-22-14-6-5-12(9-15(14)23-4-2)7-8-19-17(21)13-11-24-16(10-18)20-13;/h5-6,9,11H,3-4,7-8,10,18H2,1-2H3,(H,19,21);1H. The number of amides is 1. The maximum Gasteiger partial charge on any atom is 0.270 e. The molecule has 0 atom stereocenters. The van der Waals surface area contributed by atoms with E-state index in [1.807, 2.05) is 32.0 Å². The van der Waals surface area contributed by atoms with Crippen molar-refractivity contribution in [2.24, 2.45) is 5.73 Å². The number of nitrogens with two attached hydrogens (primary N) is 1. The van der Waals surface area contributed by atoms with Crippen LogP contribution in [0, 0.1) is 0 Å². The first-order chi connectivity index (χ1) is 11.7. The Morgan fingerprint density at radius 2 is 1.96 bits per heavy atom. The van der Waals surface area contributed by atoms with Crippen LogP contribution in [0.25, 0.3) is 0 Å². The molecule has 0 fully saturated rings. The topological polar surface area (TPSA) is 86.5 Å². The highest BCUT2D eigenvalue weighted by Crippen LogP contribution is 2.28. The Morgan fingerprint density at radius 3 is 2.60 bits per heavy atom. The summed E-state index contributed by atoms with van der Waals surface area (Å²) in [6.07, 6.45) is 0.700. The summed E-state index contributed by atoms with van der Waals surface area (Å²) in [5.41, 5.74) is 7.00. The van der Waals surface area contributed by atoms with Gasteiger partial charge in [0.15, 0.2) is 11.5 Å². The second kappa shape index (κ2) is 10.9. The van der Waals surface area contributed by atoms with Gasteiger partial charge in [-0.1, -0.05) is 6.07 Å². The summed E-state index contributed by atoms with van der Waals surface area (Å²) >= 11 is 1.39. The summed E-state index contributed by atoms with van der Waals surface area (Å²) in [5, 5.41) is 5.35. The minimum absolute atomic E-state index is 0. The molecule has 0 aliphatic carbocycles. The number of hydrogen-bond acceptors (Lipinski definition) is 6. The second-order valence-electron chi connectivity index (χ2n) is 4.98. The molecule has 2 aromatic rings. The third-order valence-corrected chi connectivity index (χ3v) is 4.14. The van der Waals surface area contributed by atoms with Crippen LogP contribution in [0.1, 0.15) is 34.9 Å². The molecular weight excluding hydrogens is 362 g/mol. The average molecular weight is 386 g/mol. The van der Waals surface area contributed by atoms with Crippen LogP contribution < -0.4 is 20.5 Å². The van der Waals surface area contributed by atoms with Crippen LogP contribution >= 0.6 is 23.7 Å². The van der Waals surface area contributed by atoms with Gasteiger partial charge in [-0.05, 0) is 38.0 Å². The fraction of sp³-hybridized carbons (Fsp3) is 0.412. The highest BCUT2D eigenvalue weighted by Gasteiger charge is 2.10. The van der Waals surface area contributed by atoms with Gasteiger partial charge in [0.2, 0.25) is 0 Å². The van der Waals surface area contributed by atoms with Crippen molar-refractivity contribution in [3.05, 3.63) is 39.8 Å². The molecule has 0 saturated heterocycles. The zero-order chi connectivity index (χ0) is 17.4. The molecule has 138 valence electrons. The Bertz CT molecular complexity index is 679. The van der Waals surface area contributed by atoms with E-state index in [1.165, 1.54) is 11.3 Å². The molecule has 6 nitrogen and oxygen atoms in total. The molecule has 1 aromatic carbocycles. The first-order valence-electron chi connectivity index (χ1n) is 7.99. The minimum atomic E-state index is -0.179. The molecule has 0 aliphatic rings. The number of halogens is 1. The molecule has 0 aliphatic heterocycles. The molecule has 0 spiro atoms. The van der Waals surface area contributed by atoms with Crippen LogP contribution in [0.4, 0.5) is 0 Å². The van der Waals surface area contributed by atoms with Crippen LogP contribution in [0.2, 0.25) is 0 Å². The zero-order valence-electron chi connectivity index (χ0n) is 14.4. The third kappa shape index (κ3) is 6.19. The Kier molecular flexibility index (Phi) is 9.26. The van der Waals surface area contributed by atoms with Gasteiger partial charge in [-0.3, -0.25) is 4.79 Å². The Labute approximate surface area is 158 Å². The Hall–Kier alpha value is -1.83. The third-order valence-electron chi connectivity index (χ3n) is 3.27. The first-order valence-corrected chi connectivity index (χ1v) is 8.87. The van der Waals surface area contributed by atoms with Crippen molar-refractivity contribution in [1.82, 2.24) is 10.3 Å². The molecule has 3 N–H and O–H groups in total. The summed E-state index contributed by atoms with van der Waals surface area (Å²) in [5.74, 6) is 1.29. The molecule has 0 unspecified atom stereocenters. The van der Waals surface area contributed by atoms with E-state index in [0.717, 1.165) is 22.1 Å². The summed E-state index contributed by atoms with van der Waals surface area (Å²) in [6.45, 7) is 5.92. The van der Waals surface area contributed by atoms with Crippen LogP contribution in [0.5, 0.6) is 11.5 Å². The summed E-state index contributed by atoms with van der Waals surface area (Å²) in [7, 11) is 0. The summed E-state index contributed by atoms with van der Waals surface area (Å²) in [6, 6.07) is 5.84. The highest BCUT2D eigenvalue weighted by molar-refractivity contribution is 7.09. The fourth-order valence-electron chi connectivity index (χ4n) is 2.17. The smallest absolute Gasteiger partial charge is 0.270 e. The van der Waals surface area contributed by atoms with E-state index in [1.54, 1.807) is 5.38 Å². The van der Waals surface area contributed by atoms with Gasteiger partial charge >= 0.3 is 0 Å². The molecule has 25 heavy (non-hydrogen) atoms. The first kappa shape index (κ1) is 21.2. The quantitative estimate of drug-likeness (QED) is 0.693. The van der Waals surface area contributed by atoms with E-state index in [0.29, 0.717) is 38.4 Å². The lowest BCUT2D eigenvalue weighted by molar-refractivity contribution is 0.0949. The van der Waals surface area contributed by atoms with Crippen molar-refractivity contribution in [2.75, 3.05) is 19.8 Å². The number of nitrogens with zero attached hydrogens (tertiary/aromatic N) is 1. The van der Waals surface area contributed by atoms with E-state index < -0.39 is 0 Å². The second-order valence-corrected chi connectivity index (χ2v) is 5.93. The lowest BCUT2D eigenvalue weighted by Crippen LogP contribution is -2.26. The van der Waals surface area contributed by atoms with Crippen LogP contribution in [0.15, 0.2) is 23.6 Å². The number of nitrogens with one attached hydrogen (secondary N) is 1. The monoisotopic (exact) mass is 385 g/mol. The van der Waals surface area contributed by atoms with Crippen LogP contribution in [0.3, 0.4) is 0 Å². The normalized spacial score (nSPS) is 10.0. The number of rotatable bonds is 9. The van der Waals surface area contributed by atoms with Gasteiger partial charge in [-0.15, -0.1) is 23.7 Å². The highest BCUT2D eigenvalue weighted by atomic mass is 35.5. The molecule has 1 heterocycles. The predicted molar refractivity (Wildman–Crippen MR) is 102 cm³/mol. The number of ether oxygens (including phenoxy) is 2. The molecule has 1 amide bonds. The number of aromatic nitrogens is 1. The number of benzene rings is 1. The number of carbonyl (C=O) groups excluding carboxylic acids is 1. The number of thiazole rings is 1. The summed E-state index contributed by atoms with van der Waals surface area (Å²) < 4.78 is 11.2. The maximum absolute atomic E-state index is 12.0. The molecule has 0 bridgehead atoms. The van der Waals surface area contributed by atoms with E-state index in [4.69, 9.17) is 15.2 Å². The number of hydrogen-bond donors (Lipinski definition) is 2.